The highest BCUT2D eigenvalue weighted by molar-refractivity contribution is 5.90. The molecule has 0 saturated heterocycles. The highest BCUT2D eigenvalue weighted by Crippen LogP contribution is 2.25. The van der Waals surface area contributed by atoms with Crippen molar-refractivity contribution in [2.24, 2.45) is 0 Å². The van der Waals surface area contributed by atoms with Gasteiger partial charge in [-0.1, -0.05) is 45.0 Å². The summed E-state index contributed by atoms with van der Waals surface area (Å²) in [5.41, 5.74) is 4.12. The highest BCUT2D eigenvalue weighted by atomic mass is 16.4. The predicted octanol–water partition coefficient (Wildman–Crippen LogP) is 2.09. The van der Waals surface area contributed by atoms with Gasteiger partial charge in [0.2, 0.25) is 11.8 Å². The summed E-state index contributed by atoms with van der Waals surface area (Å²) in [7, 11) is 0. The number of imidazole rings is 1. The van der Waals surface area contributed by atoms with Crippen LogP contribution in [0.15, 0.2) is 30.6 Å². The number of carbonyl (C=O) groups excluding carboxylic acids is 2. The Hall–Kier alpha value is -3.16. The minimum absolute atomic E-state index is 0.0857. The molecule has 31 heavy (non-hydrogen) atoms. The highest BCUT2D eigenvalue weighted by Gasteiger charge is 2.36. The van der Waals surface area contributed by atoms with Gasteiger partial charge in [-0.2, -0.15) is 0 Å². The van der Waals surface area contributed by atoms with Gasteiger partial charge in [0.05, 0.1) is 24.3 Å². The Bertz CT molecular complexity index is 988. The van der Waals surface area contributed by atoms with Crippen LogP contribution in [0.3, 0.4) is 0 Å². The van der Waals surface area contributed by atoms with Crippen molar-refractivity contribution in [1.29, 1.82) is 0 Å². The van der Waals surface area contributed by atoms with Crippen LogP contribution in [0, 0.1) is 0 Å². The van der Waals surface area contributed by atoms with E-state index in [0.717, 1.165) is 17.0 Å². The van der Waals surface area contributed by atoms with E-state index >= 15 is 0 Å². The lowest BCUT2D eigenvalue weighted by Crippen LogP contribution is -2.54. The van der Waals surface area contributed by atoms with Crippen LogP contribution in [-0.4, -0.2) is 49.4 Å². The van der Waals surface area contributed by atoms with Crippen molar-refractivity contribution in [1.82, 2.24) is 19.8 Å². The fraction of sp³-hybridized carbons (Fsp3) is 0.478. The van der Waals surface area contributed by atoms with Gasteiger partial charge in [0.25, 0.3) is 0 Å². The number of carboxylic acid groups (broad SMARTS) is 1. The summed E-state index contributed by atoms with van der Waals surface area (Å²) < 4.78 is 2.01. The summed E-state index contributed by atoms with van der Waals surface area (Å²) in [5, 5.41) is 11.5. The molecule has 0 fully saturated rings. The minimum atomic E-state index is -1.12. The number of carbonyl (C=O) groups is 3. The van der Waals surface area contributed by atoms with Gasteiger partial charge in [-0.05, 0) is 23.5 Å². The molecule has 0 spiro atoms. The molecule has 2 heterocycles. The van der Waals surface area contributed by atoms with Crippen molar-refractivity contribution in [3.05, 3.63) is 53.1 Å². The van der Waals surface area contributed by atoms with Crippen molar-refractivity contribution < 1.29 is 19.5 Å². The lowest BCUT2D eigenvalue weighted by Gasteiger charge is -2.34. The number of carboxylic acids is 1. The van der Waals surface area contributed by atoms with E-state index in [2.05, 4.69) is 55.3 Å². The van der Waals surface area contributed by atoms with Gasteiger partial charge in [0.1, 0.15) is 12.1 Å². The average molecular weight is 427 g/mol. The molecule has 8 heteroatoms. The first-order valence-electron chi connectivity index (χ1n) is 10.4. The molecular weight excluding hydrogens is 396 g/mol. The summed E-state index contributed by atoms with van der Waals surface area (Å²) in [6.07, 6.45) is 1.99. The number of benzene rings is 1. The fourth-order valence-electron chi connectivity index (χ4n) is 3.75. The van der Waals surface area contributed by atoms with E-state index in [1.165, 1.54) is 24.3 Å². The Kier molecular flexibility index (Phi) is 6.20. The van der Waals surface area contributed by atoms with Gasteiger partial charge < -0.3 is 19.9 Å². The maximum absolute atomic E-state index is 12.6. The van der Waals surface area contributed by atoms with Gasteiger partial charge in [-0.15, -0.1) is 0 Å². The zero-order valence-electron chi connectivity index (χ0n) is 18.7. The zero-order chi connectivity index (χ0) is 22.9. The molecule has 1 aliphatic rings. The molecule has 2 atom stereocenters. The van der Waals surface area contributed by atoms with Crippen LogP contribution in [0.5, 0.6) is 0 Å². The lowest BCUT2D eigenvalue weighted by atomic mass is 9.87. The number of amides is 2. The number of fused-ring (bicyclic) bond motifs is 1. The third-order valence-electron chi connectivity index (χ3n) is 5.72. The molecule has 0 saturated carbocycles. The van der Waals surface area contributed by atoms with E-state index < -0.39 is 24.0 Å². The molecule has 2 N–H and O–H groups in total. The number of nitrogens with zero attached hydrogens (tertiary/aromatic N) is 3. The third kappa shape index (κ3) is 4.95. The van der Waals surface area contributed by atoms with Crippen molar-refractivity contribution in [2.75, 3.05) is 0 Å². The predicted molar refractivity (Wildman–Crippen MR) is 115 cm³/mol. The molecule has 0 radical (unpaired) electrons. The zero-order valence-corrected chi connectivity index (χ0v) is 18.7. The fourth-order valence-corrected chi connectivity index (χ4v) is 3.75. The topological polar surface area (TPSA) is 105 Å². The summed E-state index contributed by atoms with van der Waals surface area (Å²) in [6, 6.07) is 6.65. The lowest BCUT2D eigenvalue weighted by molar-refractivity contribution is -0.144. The van der Waals surface area contributed by atoms with Crippen LogP contribution < -0.4 is 5.32 Å². The van der Waals surface area contributed by atoms with Crippen LogP contribution in [0.1, 0.15) is 57.1 Å². The van der Waals surface area contributed by atoms with Gasteiger partial charge in [0.15, 0.2) is 0 Å². The molecule has 0 bridgehead atoms. The normalized spacial score (nSPS) is 17.1. The summed E-state index contributed by atoms with van der Waals surface area (Å²) in [4.78, 5) is 41.9. The number of hydrogen-bond donors (Lipinski definition) is 2. The second kappa shape index (κ2) is 8.53. The van der Waals surface area contributed by atoms with Crippen molar-refractivity contribution in [3.63, 3.8) is 0 Å². The second-order valence-corrected chi connectivity index (χ2v) is 9.15. The maximum Gasteiger partial charge on any atom is 0.325 e. The Morgan fingerprint density at radius 1 is 1.23 bits per heavy atom. The summed E-state index contributed by atoms with van der Waals surface area (Å²) >= 11 is 0. The van der Waals surface area contributed by atoms with Crippen LogP contribution >= 0.6 is 0 Å². The molecule has 2 unspecified atom stereocenters. The monoisotopic (exact) mass is 426 g/mol. The standard InChI is InChI=1S/C23H30N4O4/c1-14(22(30)31)25-21(29)19-10-18-20(12-27(19)15(2)28)26(13-24-18)11-16-6-8-17(9-7-16)23(3,4)5/h6-9,13-14,19H,10-12H2,1-5H3,(H,25,29)(H,30,31). The minimum Gasteiger partial charge on any atom is -0.480 e. The van der Waals surface area contributed by atoms with E-state index in [0.29, 0.717) is 6.54 Å². The molecule has 0 aliphatic carbocycles. The smallest absolute Gasteiger partial charge is 0.325 e. The first-order valence-corrected chi connectivity index (χ1v) is 10.4. The van der Waals surface area contributed by atoms with Gasteiger partial charge in [-0.25, -0.2) is 4.98 Å². The quantitative estimate of drug-likeness (QED) is 0.762. The number of rotatable bonds is 5. The van der Waals surface area contributed by atoms with E-state index in [4.69, 9.17) is 5.11 Å². The summed E-state index contributed by atoms with van der Waals surface area (Å²) in [6.45, 7) is 10.2. The van der Waals surface area contributed by atoms with Crippen molar-refractivity contribution in [2.45, 2.75) is 71.6 Å². The third-order valence-corrected chi connectivity index (χ3v) is 5.72. The van der Waals surface area contributed by atoms with Gasteiger partial charge >= 0.3 is 5.97 Å². The molecular formula is C23H30N4O4. The average Bonchev–Trinajstić information content (AvgIpc) is 3.08. The summed E-state index contributed by atoms with van der Waals surface area (Å²) in [5.74, 6) is -1.85. The number of hydrogen-bond acceptors (Lipinski definition) is 4. The molecule has 1 aromatic heterocycles. The molecule has 2 amide bonds. The number of aromatic nitrogens is 2. The van der Waals surface area contributed by atoms with Gasteiger partial charge in [-0.3, -0.25) is 14.4 Å². The van der Waals surface area contributed by atoms with E-state index in [1.807, 2.05) is 4.57 Å². The van der Waals surface area contributed by atoms with Crippen LogP contribution in [0.25, 0.3) is 0 Å². The Labute approximate surface area is 182 Å². The molecule has 1 aliphatic heterocycles. The van der Waals surface area contributed by atoms with E-state index in [1.54, 1.807) is 6.33 Å². The van der Waals surface area contributed by atoms with Crippen LogP contribution in [0.2, 0.25) is 0 Å². The van der Waals surface area contributed by atoms with Crippen molar-refractivity contribution >= 4 is 17.8 Å². The molecule has 8 nitrogen and oxygen atoms in total. The van der Waals surface area contributed by atoms with E-state index in [9.17, 15) is 14.4 Å². The number of aliphatic carboxylic acids is 1. The second-order valence-electron chi connectivity index (χ2n) is 9.15. The first kappa shape index (κ1) is 22.5. The Morgan fingerprint density at radius 3 is 2.42 bits per heavy atom. The maximum atomic E-state index is 12.6. The first-order chi connectivity index (χ1) is 14.5. The number of nitrogens with one attached hydrogen (secondary N) is 1. The Balaban J connectivity index is 1.80. The van der Waals surface area contributed by atoms with Gasteiger partial charge in [0, 0.05) is 19.9 Å². The molecule has 1 aromatic carbocycles. The Morgan fingerprint density at radius 2 is 1.87 bits per heavy atom. The van der Waals surface area contributed by atoms with E-state index in [-0.39, 0.29) is 24.3 Å². The SMILES string of the molecule is CC(=O)N1Cc2c(ncn2Cc2ccc(C(C)(C)C)cc2)CC1C(=O)NC(C)C(=O)O. The molecule has 166 valence electrons. The van der Waals surface area contributed by atoms with Crippen molar-refractivity contribution in [3.8, 4) is 0 Å². The van der Waals surface area contributed by atoms with Crippen LogP contribution in [-0.2, 0) is 39.3 Å². The molecule has 2 aromatic rings. The van der Waals surface area contributed by atoms with Crippen LogP contribution in [0.4, 0.5) is 0 Å². The largest absolute Gasteiger partial charge is 0.480 e. The molecule has 3 rings (SSSR count).